The molecule has 0 aliphatic carbocycles. The summed E-state index contributed by atoms with van der Waals surface area (Å²) < 4.78 is 81.3. The van der Waals surface area contributed by atoms with Gasteiger partial charge in [0.1, 0.15) is 32.9 Å². The molecule has 4 aromatic rings. The number of carbonyl (C=O) groups excluding carboxylic acids is 1. The number of aromatic carboxylic acids is 1. The van der Waals surface area contributed by atoms with Crippen molar-refractivity contribution < 1.29 is 193 Å². The van der Waals surface area contributed by atoms with Crippen LogP contribution in [0.3, 0.4) is 0 Å². The van der Waals surface area contributed by atoms with Gasteiger partial charge in [0.2, 0.25) is 0 Å². The number of aromatic hydroxyl groups is 1. The Bertz CT molecular complexity index is 2340. The van der Waals surface area contributed by atoms with Crippen molar-refractivity contribution >= 4 is 89.5 Å². The molecule has 0 heterocycles. The molecule has 29 heteroatoms. The minimum absolute atomic E-state index is 0. The summed E-state index contributed by atoms with van der Waals surface area (Å²) in [7, 11) is -8.17. The predicted molar refractivity (Wildman–Crippen MR) is 175 cm³/mol. The molecular formula is C28H23N5Na4O16S4. The van der Waals surface area contributed by atoms with Gasteiger partial charge in [0.15, 0.2) is 27.9 Å². The van der Waals surface area contributed by atoms with Crippen LogP contribution in [-0.2, 0) is 42.9 Å². The van der Waals surface area contributed by atoms with Crippen LogP contribution in [0.15, 0.2) is 77.6 Å². The number of sulfone groups is 1. The minimum Gasteiger partial charge on any atom is -0.744 e. The van der Waals surface area contributed by atoms with Crippen LogP contribution in [0.25, 0.3) is 10.8 Å². The Hall–Kier alpha value is -0.510. The molecular weight excluding hydrogens is 883 g/mol. The van der Waals surface area contributed by atoms with E-state index in [1.54, 1.807) is 19.1 Å². The molecule has 0 spiro atoms. The molecule has 0 saturated carbocycles. The van der Waals surface area contributed by atoms with Crippen LogP contribution in [0, 0.1) is 13.8 Å². The summed E-state index contributed by atoms with van der Waals surface area (Å²) in [6, 6.07) is 7.57. The van der Waals surface area contributed by atoms with Gasteiger partial charge in [-0.3, -0.25) is 14.3 Å². The van der Waals surface area contributed by atoms with Gasteiger partial charge >= 0.3 is 118 Å². The molecule has 57 heavy (non-hydrogen) atoms. The maximum absolute atomic E-state index is 12.9. The van der Waals surface area contributed by atoms with Crippen molar-refractivity contribution in [3.05, 3.63) is 59.2 Å². The number of carbonyl (C=O) groups is 1. The van der Waals surface area contributed by atoms with Gasteiger partial charge in [-0.05, 0) is 67.4 Å². The van der Waals surface area contributed by atoms with Gasteiger partial charge in [-0.1, -0.05) is 0 Å². The molecule has 0 atom stereocenters. The molecule has 0 bridgehead atoms. The van der Waals surface area contributed by atoms with Crippen LogP contribution >= 0.6 is 24.4 Å². The molecule has 0 radical (unpaired) electrons. The van der Waals surface area contributed by atoms with E-state index in [1.165, 1.54) is 7.11 Å². The molecule has 0 aliphatic heterocycles. The molecule has 21 nitrogen and oxygen atoms in total. The summed E-state index contributed by atoms with van der Waals surface area (Å²) in [5, 5.41) is 65.0. The summed E-state index contributed by atoms with van der Waals surface area (Å²) in [6.45, 7) is 3.11. The fraction of sp³-hybridized carbons (Fsp3) is 0.179. The number of nitrogens with two attached hydrogens (primary N) is 1. The number of nitrogens with zero attached hydrogens (tertiary/aromatic N) is 4. The van der Waals surface area contributed by atoms with Crippen LogP contribution in [0.4, 0.5) is 28.4 Å². The second-order valence-electron chi connectivity index (χ2n) is 10.3. The number of nitrogen functional groups attached to an aromatic ring is 1. The number of carboxylic acids is 1. The van der Waals surface area contributed by atoms with E-state index in [0.29, 0.717) is 5.75 Å². The number of fused-ring (bicyclic) bond motifs is 1. The van der Waals surface area contributed by atoms with Crippen molar-refractivity contribution in [1.82, 2.24) is 0 Å². The number of rotatable bonds is 17. The molecule has 0 unspecified atom stereocenters. The predicted octanol–water partition coefficient (Wildman–Crippen LogP) is -9.32. The second-order valence-corrected chi connectivity index (χ2v) is 15.0. The maximum Gasteiger partial charge on any atom is 1.00 e. The number of methoxy groups -OCH3 is 1. The van der Waals surface area contributed by atoms with Crippen molar-refractivity contribution in [3.63, 3.8) is 0 Å². The van der Waals surface area contributed by atoms with Crippen LogP contribution in [0.2, 0.25) is 0 Å². The largest absolute Gasteiger partial charge is 1.00 e. The Labute approximate surface area is 421 Å². The van der Waals surface area contributed by atoms with Gasteiger partial charge in [0.25, 0.3) is 0 Å². The molecule has 0 aromatic heterocycles. The average molecular weight is 906 g/mol. The van der Waals surface area contributed by atoms with E-state index in [4.69, 9.17) is 14.7 Å². The maximum atomic E-state index is 12.9. The molecule has 4 aromatic carbocycles. The second kappa shape index (κ2) is 25.4. The van der Waals surface area contributed by atoms with Gasteiger partial charge in [-0.25, -0.2) is 16.8 Å². The monoisotopic (exact) mass is 905 g/mol. The van der Waals surface area contributed by atoms with E-state index in [2.05, 4.69) is 39.2 Å². The van der Waals surface area contributed by atoms with Crippen molar-refractivity contribution in [3.8, 4) is 11.5 Å². The van der Waals surface area contributed by atoms with E-state index in [-0.39, 0.29) is 148 Å². The molecule has 3 N–H and O–H groups in total. The quantitative estimate of drug-likeness (QED) is 0.0145. The van der Waals surface area contributed by atoms with Crippen molar-refractivity contribution in [2.24, 2.45) is 20.5 Å². The number of ether oxygens (including phenoxy) is 1. The molecule has 0 fully saturated rings. The van der Waals surface area contributed by atoms with Crippen molar-refractivity contribution in [1.29, 1.82) is 0 Å². The Morgan fingerprint density at radius 2 is 1.47 bits per heavy atom. The number of carboxylic acid groups (broad SMARTS) is 1. The number of azo groups is 2. The molecule has 4 rings (SSSR count). The first kappa shape index (κ1) is 56.5. The zero-order valence-corrected chi connectivity index (χ0v) is 42.3. The Kier molecular flexibility index (Phi) is 25.2. The van der Waals surface area contributed by atoms with Gasteiger partial charge in [0, 0.05) is 10.9 Å². The zero-order chi connectivity index (χ0) is 39.1. The van der Waals surface area contributed by atoms with E-state index in [0.717, 1.165) is 41.5 Å². The summed E-state index contributed by atoms with van der Waals surface area (Å²) in [5.74, 6) is -3.20. The molecule has 0 amide bonds. The fourth-order valence-electron chi connectivity index (χ4n) is 4.52. The SMILES string of the molecule is COc1cc(C)c(C)cc1N=Nc1cc(S(=O)(=O)[O-])c2cc(SOO[O-])c(N=Nc3cc(S(=O)(=O)CCOSOO[O-])ccc3C(=O)[O-])c(O)c2c1N.[Na+].[Na+].[Na+].[Na+]. The third-order valence-electron chi connectivity index (χ3n) is 7.14. The van der Waals surface area contributed by atoms with Crippen LogP contribution in [0.1, 0.15) is 21.5 Å². The molecule has 284 valence electrons. The van der Waals surface area contributed by atoms with Crippen LogP contribution in [0.5, 0.6) is 11.5 Å². The van der Waals surface area contributed by atoms with Crippen LogP contribution < -0.4 is 144 Å². The smallest absolute Gasteiger partial charge is 0.744 e. The number of hydrogen-bond donors (Lipinski definition) is 2. The zero-order valence-electron chi connectivity index (χ0n) is 31.0. The number of anilines is 1. The van der Waals surface area contributed by atoms with E-state index >= 15 is 0 Å². The third-order valence-corrected chi connectivity index (χ3v) is 10.7. The summed E-state index contributed by atoms with van der Waals surface area (Å²) in [4.78, 5) is 10.0. The van der Waals surface area contributed by atoms with Crippen molar-refractivity contribution in [2.75, 3.05) is 25.2 Å². The fourth-order valence-corrected chi connectivity index (χ4v) is 7.12. The topological polar surface area (TPSA) is 329 Å². The molecule has 0 aliphatic rings. The Morgan fingerprint density at radius 3 is 2.07 bits per heavy atom. The number of benzene rings is 4. The van der Waals surface area contributed by atoms with Crippen LogP contribution in [-0.4, -0.2) is 51.9 Å². The Balaban J connectivity index is 0.00000784. The molecule has 0 saturated heterocycles. The van der Waals surface area contributed by atoms with E-state index in [9.17, 15) is 46.9 Å². The Morgan fingerprint density at radius 1 is 0.860 bits per heavy atom. The number of phenols is 1. The number of aryl methyl sites for hydroxylation is 2. The normalized spacial score (nSPS) is 11.5. The van der Waals surface area contributed by atoms with Gasteiger partial charge in [-0.2, -0.15) is 4.33 Å². The standard InChI is InChI=1S/C28H27N5O16S4.4Na/c1-13-8-19(21(44-3)9-14(13)2)31-32-20-12-23(53(41,42)43)17-11-22(50-48-46-37)26(27(34)24(17)25(20)29)33-30-18-10-15(4-5-16(18)28(35)36)52(39,40)7-6-45-51-49-47-38;;;;/h4-5,8-12,34,37-38H,6-7,29H2,1-3H3,(H,35,36)(H,41,42,43);;;;/q;4*+1/p-4. The first-order chi connectivity index (χ1) is 25.0. The van der Waals surface area contributed by atoms with E-state index < -0.39 is 97.8 Å². The first-order valence-corrected chi connectivity index (χ1v) is 18.5. The summed E-state index contributed by atoms with van der Waals surface area (Å²) >= 11 is 0.128. The van der Waals surface area contributed by atoms with Gasteiger partial charge in [0.05, 0.1) is 68.9 Å². The number of hydrogen-bond acceptors (Lipinski definition) is 23. The first-order valence-electron chi connectivity index (χ1n) is 14.1. The third kappa shape index (κ3) is 14.5. The average Bonchev–Trinajstić information content (AvgIpc) is 3.10. The van der Waals surface area contributed by atoms with E-state index in [1.807, 2.05) is 6.92 Å². The minimum atomic E-state index is -5.35. The van der Waals surface area contributed by atoms with Gasteiger partial charge < -0.3 is 40.5 Å². The van der Waals surface area contributed by atoms with Crippen molar-refractivity contribution in [2.45, 2.75) is 28.5 Å². The van der Waals surface area contributed by atoms with Gasteiger partial charge in [-0.15, -0.1) is 24.8 Å². The summed E-state index contributed by atoms with van der Waals surface area (Å²) in [5.41, 5.74) is 5.40. The number of phenolic OH excluding ortho intramolecular Hbond substituents is 1. The summed E-state index contributed by atoms with van der Waals surface area (Å²) in [6.07, 6.45) is 0.